The summed E-state index contributed by atoms with van der Waals surface area (Å²) in [6.07, 6.45) is 2.00. The van der Waals surface area contributed by atoms with Crippen LogP contribution < -0.4 is 5.32 Å². The number of amides is 1. The van der Waals surface area contributed by atoms with E-state index in [9.17, 15) is 14.3 Å². The molecule has 0 aliphatic carbocycles. The summed E-state index contributed by atoms with van der Waals surface area (Å²) in [5.41, 5.74) is 0.377. The van der Waals surface area contributed by atoms with Gasteiger partial charge in [-0.05, 0) is 30.3 Å². The minimum atomic E-state index is -0.942. The molecule has 0 spiro atoms. The molecule has 2 heterocycles. The van der Waals surface area contributed by atoms with Crippen molar-refractivity contribution in [3.63, 3.8) is 0 Å². The van der Waals surface area contributed by atoms with Crippen molar-refractivity contribution < 1.29 is 18.7 Å². The second-order valence-electron chi connectivity index (χ2n) is 4.84. The van der Waals surface area contributed by atoms with Crippen LogP contribution in [-0.2, 0) is 0 Å². The fourth-order valence-electron chi connectivity index (χ4n) is 2.08. The van der Waals surface area contributed by atoms with Gasteiger partial charge < -0.3 is 14.8 Å². The van der Waals surface area contributed by atoms with E-state index in [4.69, 9.17) is 4.42 Å². The van der Waals surface area contributed by atoms with E-state index in [2.05, 4.69) is 10.4 Å². The molecule has 6 nitrogen and oxygen atoms in total. The van der Waals surface area contributed by atoms with Gasteiger partial charge in [-0.3, -0.25) is 4.79 Å². The number of aliphatic hydroxyl groups is 1. The first-order chi connectivity index (χ1) is 11.1. The molecule has 0 radical (unpaired) electrons. The molecule has 1 amide bonds. The second-order valence-corrected chi connectivity index (χ2v) is 4.84. The van der Waals surface area contributed by atoms with Crippen molar-refractivity contribution in [2.75, 3.05) is 6.54 Å². The van der Waals surface area contributed by atoms with Crippen molar-refractivity contribution in [3.8, 4) is 5.69 Å². The van der Waals surface area contributed by atoms with E-state index in [0.717, 1.165) is 0 Å². The van der Waals surface area contributed by atoms with E-state index in [1.54, 1.807) is 30.3 Å². The number of nitrogens with one attached hydrogen (secondary N) is 1. The number of aliphatic hydroxyl groups excluding tert-OH is 1. The lowest BCUT2D eigenvalue weighted by Crippen LogP contribution is -2.28. The smallest absolute Gasteiger partial charge is 0.271 e. The van der Waals surface area contributed by atoms with E-state index in [1.165, 1.54) is 29.3 Å². The van der Waals surface area contributed by atoms with Crippen LogP contribution >= 0.6 is 0 Å². The Hall–Kier alpha value is -2.93. The number of aromatic nitrogens is 2. The lowest BCUT2D eigenvalue weighted by Gasteiger charge is -2.08. The van der Waals surface area contributed by atoms with Gasteiger partial charge in [-0.15, -0.1) is 0 Å². The second kappa shape index (κ2) is 6.45. The predicted octanol–water partition coefficient (Wildman–Crippen LogP) is 2.07. The van der Waals surface area contributed by atoms with Gasteiger partial charge in [-0.25, -0.2) is 9.07 Å². The normalized spacial score (nSPS) is 12.1. The standard InChI is InChI=1S/C16H14FN3O3/c17-11-4-1-2-5-13(11)20-8-7-12(19-20)16(22)18-10-14(21)15-6-3-9-23-15/h1-9,14,21H,10H2,(H,18,22). The zero-order valence-corrected chi connectivity index (χ0v) is 12.0. The molecular weight excluding hydrogens is 301 g/mol. The maximum atomic E-state index is 13.7. The van der Waals surface area contributed by atoms with Gasteiger partial charge in [0.25, 0.3) is 5.91 Å². The van der Waals surface area contributed by atoms with E-state index < -0.39 is 17.8 Å². The third-order valence-electron chi connectivity index (χ3n) is 3.25. The van der Waals surface area contributed by atoms with Gasteiger partial charge in [0.1, 0.15) is 23.4 Å². The minimum Gasteiger partial charge on any atom is -0.467 e. The number of carbonyl (C=O) groups excluding carboxylic acids is 1. The number of para-hydroxylation sites is 1. The molecule has 118 valence electrons. The van der Waals surface area contributed by atoms with Crippen LogP contribution in [0.5, 0.6) is 0 Å². The molecule has 1 unspecified atom stereocenters. The number of benzene rings is 1. The van der Waals surface area contributed by atoms with Crippen molar-refractivity contribution in [2.24, 2.45) is 0 Å². The number of hydrogen-bond acceptors (Lipinski definition) is 4. The first kappa shape index (κ1) is 15.0. The molecule has 2 aromatic heterocycles. The van der Waals surface area contributed by atoms with Crippen LogP contribution in [-0.4, -0.2) is 27.3 Å². The summed E-state index contributed by atoms with van der Waals surface area (Å²) < 4.78 is 20.0. The molecule has 0 fully saturated rings. The Kier molecular flexibility index (Phi) is 4.20. The topological polar surface area (TPSA) is 80.3 Å². The Labute approximate surface area is 131 Å². The zero-order valence-electron chi connectivity index (χ0n) is 12.0. The third-order valence-corrected chi connectivity index (χ3v) is 3.25. The molecular formula is C16H14FN3O3. The molecule has 3 rings (SSSR count). The van der Waals surface area contributed by atoms with Crippen molar-refractivity contribution >= 4 is 5.91 Å². The van der Waals surface area contributed by atoms with Gasteiger partial charge in [-0.2, -0.15) is 5.10 Å². The van der Waals surface area contributed by atoms with Crippen LogP contribution in [0, 0.1) is 5.82 Å². The largest absolute Gasteiger partial charge is 0.467 e. The van der Waals surface area contributed by atoms with E-state index in [1.807, 2.05) is 0 Å². The molecule has 0 aliphatic heterocycles. The van der Waals surface area contributed by atoms with Gasteiger partial charge in [0, 0.05) is 6.20 Å². The summed E-state index contributed by atoms with van der Waals surface area (Å²) in [7, 11) is 0. The first-order valence-corrected chi connectivity index (χ1v) is 6.95. The van der Waals surface area contributed by atoms with Gasteiger partial charge in [-0.1, -0.05) is 12.1 Å². The minimum absolute atomic E-state index is 0.0150. The summed E-state index contributed by atoms with van der Waals surface area (Å²) in [6, 6.07) is 10.9. The summed E-state index contributed by atoms with van der Waals surface area (Å²) in [4.78, 5) is 12.0. The van der Waals surface area contributed by atoms with Crippen LogP contribution in [0.3, 0.4) is 0 Å². The number of rotatable bonds is 5. The maximum absolute atomic E-state index is 13.7. The van der Waals surface area contributed by atoms with Crippen molar-refractivity contribution in [2.45, 2.75) is 6.10 Å². The zero-order chi connectivity index (χ0) is 16.2. The monoisotopic (exact) mass is 315 g/mol. The summed E-state index contributed by atoms with van der Waals surface area (Å²) in [5.74, 6) is -0.538. The highest BCUT2D eigenvalue weighted by atomic mass is 19.1. The van der Waals surface area contributed by atoms with Crippen LogP contribution in [0.1, 0.15) is 22.4 Å². The van der Waals surface area contributed by atoms with Gasteiger partial charge >= 0.3 is 0 Å². The molecule has 0 saturated heterocycles. The van der Waals surface area contributed by atoms with Crippen LogP contribution in [0.4, 0.5) is 4.39 Å². The molecule has 0 saturated carbocycles. The lowest BCUT2D eigenvalue weighted by molar-refractivity contribution is 0.0896. The van der Waals surface area contributed by atoms with Gasteiger partial charge in [0.05, 0.1) is 12.8 Å². The van der Waals surface area contributed by atoms with Crippen LogP contribution in [0.15, 0.2) is 59.3 Å². The number of halogens is 1. The number of carbonyl (C=O) groups is 1. The Bertz CT molecular complexity index is 799. The van der Waals surface area contributed by atoms with Crippen molar-refractivity contribution in [1.82, 2.24) is 15.1 Å². The molecule has 3 aromatic rings. The van der Waals surface area contributed by atoms with E-state index >= 15 is 0 Å². The number of furan rings is 1. The van der Waals surface area contributed by atoms with Gasteiger partial charge in [0.15, 0.2) is 5.69 Å². The first-order valence-electron chi connectivity index (χ1n) is 6.95. The number of nitrogens with zero attached hydrogens (tertiary/aromatic N) is 2. The fourth-order valence-corrected chi connectivity index (χ4v) is 2.08. The lowest BCUT2D eigenvalue weighted by atomic mass is 10.2. The Balaban J connectivity index is 1.66. The highest BCUT2D eigenvalue weighted by molar-refractivity contribution is 5.92. The third kappa shape index (κ3) is 3.29. The van der Waals surface area contributed by atoms with E-state index in [0.29, 0.717) is 5.76 Å². The summed E-state index contributed by atoms with van der Waals surface area (Å²) >= 11 is 0. The Morgan fingerprint density at radius 3 is 2.87 bits per heavy atom. The van der Waals surface area contributed by atoms with Crippen molar-refractivity contribution in [3.05, 3.63) is 72.2 Å². The molecule has 0 bridgehead atoms. The molecule has 0 aliphatic rings. The highest BCUT2D eigenvalue weighted by Gasteiger charge is 2.15. The van der Waals surface area contributed by atoms with Crippen molar-refractivity contribution in [1.29, 1.82) is 0 Å². The maximum Gasteiger partial charge on any atom is 0.271 e. The molecule has 7 heteroatoms. The summed E-state index contributed by atoms with van der Waals surface area (Å²) in [5, 5.41) is 16.4. The average molecular weight is 315 g/mol. The molecule has 2 N–H and O–H groups in total. The average Bonchev–Trinajstić information content (AvgIpc) is 3.24. The molecule has 1 atom stereocenters. The quantitative estimate of drug-likeness (QED) is 0.755. The van der Waals surface area contributed by atoms with Crippen LogP contribution in [0.2, 0.25) is 0 Å². The molecule has 23 heavy (non-hydrogen) atoms. The Morgan fingerprint density at radius 1 is 1.30 bits per heavy atom. The SMILES string of the molecule is O=C(NCC(O)c1ccco1)c1ccn(-c2ccccc2F)n1. The van der Waals surface area contributed by atoms with Gasteiger partial charge in [0.2, 0.25) is 0 Å². The Morgan fingerprint density at radius 2 is 2.13 bits per heavy atom. The number of hydrogen-bond donors (Lipinski definition) is 2. The highest BCUT2D eigenvalue weighted by Crippen LogP contribution is 2.13. The van der Waals surface area contributed by atoms with Crippen LogP contribution in [0.25, 0.3) is 5.69 Å². The predicted molar refractivity (Wildman–Crippen MR) is 79.5 cm³/mol. The molecule has 1 aromatic carbocycles. The summed E-state index contributed by atoms with van der Waals surface area (Å²) in [6.45, 7) is -0.0150. The van der Waals surface area contributed by atoms with E-state index in [-0.39, 0.29) is 17.9 Å². The fraction of sp³-hybridized carbons (Fsp3) is 0.125.